The van der Waals surface area contributed by atoms with Gasteiger partial charge < -0.3 is 44.0 Å². The Balaban J connectivity index is 1.42. The molecular weight excluding hydrogens is 899 g/mol. The van der Waals surface area contributed by atoms with E-state index in [9.17, 15) is 30.2 Å². The van der Waals surface area contributed by atoms with Crippen LogP contribution in [0.15, 0.2) is 137 Å². The summed E-state index contributed by atoms with van der Waals surface area (Å²) in [6.07, 6.45) is 13.5. The van der Waals surface area contributed by atoms with Crippen molar-refractivity contribution in [2.75, 3.05) is 52.4 Å². The second kappa shape index (κ2) is 25.2. The van der Waals surface area contributed by atoms with Crippen molar-refractivity contribution in [2.45, 2.75) is 74.2 Å². The molecule has 0 bridgehead atoms. The maximum absolute atomic E-state index is 15.0. The number of thioether (sulfide) groups is 1. The number of unbranched alkanes of at least 4 members (excludes halogenated alkanes) is 2. The van der Waals surface area contributed by atoms with Crippen LogP contribution in [0.4, 0.5) is 5.69 Å². The highest BCUT2D eigenvalue weighted by Gasteiger charge is 2.65. The number of nitrogens with zero attached hydrogens (tertiary/aromatic N) is 3. The van der Waals surface area contributed by atoms with Crippen LogP contribution in [0.5, 0.6) is 17.2 Å². The first-order valence-electron chi connectivity index (χ1n) is 23.7. The van der Waals surface area contributed by atoms with Crippen LogP contribution in [0, 0.1) is 27.9 Å². The van der Waals surface area contributed by atoms with E-state index in [1.807, 2.05) is 73.0 Å². The van der Waals surface area contributed by atoms with E-state index >= 15 is 0 Å². The van der Waals surface area contributed by atoms with Crippen molar-refractivity contribution in [2.24, 2.45) is 22.9 Å². The van der Waals surface area contributed by atoms with Crippen LogP contribution in [0.25, 0.3) is 6.08 Å². The van der Waals surface area contributed by atoms with Gasteiger partial charge in [0.2, 0.25) is 11.7 Å². The van der Waals surface area contributed by atoms with Gasteiger partial charge in [0.15, 0.2) is 0 Å². The summed E-state index contributed by atoms with van der Waals surface area (Å²) < 4.78 is 26.9. The molecule has 15 heteroatoms. The number of carbonyl (C=O) groups is 1. The molecule has 1 heterocycles. The normalized spacial score (nSPS) is 22.0. The van der Waals surface area contributed by atoms with Gasteiger partial charge in [0.1, 0.15) is 29.9 Å². The molecule has 0 unspecified atom stereocenters. The molecular formula is C54H63N3O11S. The van der Waals surface area contributed by atoms with Crippen molar-refractivity contribution in [3.05, 3.63) is 154 Å². The van der Waals surface area contributed by atoms with Gasteiger partial charge in [0, 0.05) is 60.8 Å². The number of carbonyl (C=O) groups excluding carboxylic acids is 1. The predicted octanol–water partition coefficient (Wildman–Crippen LogP) is 9.49. The third-order valence-corrected chi connectivity index (χ3v) is 13.8. The van der Waals surface area contributed by atoms with Gasteiger partial charge in [-0.3, -0.25) is 14.9 Å². The Hall–Kier alpha value is -5.81. The van der Waals surface area contributed by atoms with Crippen LogP contribution < -0.4 is 9.47 Å². The number of hydrogen-bond donors (Lipinski definition) is 3. The van der Waals surface area contributed by atoms with Gasteiger partial charge >= 0.3 is 0 Å². The van der Waals surface area contributed by atoms with Crippen LogP contribution in [0.2, 0.25) is 0 Å². The number of ether oxygens (including phenoxy) is 4. The minimum atomic E-state index is -1.54. The molecule has 14 nitrogen and oxygen atoms in total. The minimum absolute atomic E-state index is 0.0150. The van der Waals surface area contributed by atoms with Crippen molar-refractivity contribution in [3.63, 3.8) is 0 Å². The number of non-ortho nitro benzene ring substituents is 1. The van der Waals surface area contributed by atoms with Crippen LogP contribution in [0.3, 0.4) is 0 Å². The Morgan fingerprint density at radius 3 is 2.38 bits per heavy atom. The number of amides is 1. The van der Waals surface area contributed by atoms with Gasteiger partial charge in [-0.25, -0.2) is 0 Å². The highest BCUT2D eigenvalue weighted by molar-refractivity contribution is 7.98. The van der Waals surface area contributed by atoms with E-state index in [2.05, 4.69) is 18.7 Å². The molecule has 0 saturated heterocycles. The fourth-order valence-corrected chi connectivity index (χ4v) is 10.4. The molecule has 6 atom stereocenters. The summed E-state index contributed by atoms with van der Waals surface area (Å²) in [6.45, 7) is 4.44. The molecule has 7 rings (SSSR count). The van der Waals surface area contributed by atoms with Gasteiger partial charge in [-0.05, 0) is 121 Å². The lowest BCUT2D eigenvalue weighted by Crippen LogP contribution is -2.70. The fourth-order valence-electron chi connectivity index (χ4n) is 9.97. The number of allylic oxidation sites excluding steroid dienone is 1. The fraction of sp³-hybridized carbons (Fsp3) is 0.407. The third kappa shape index (κ3) is 12.5. The highest BCUT2D eigenvalue weighted by Crippen LogP contribution is 2.62. The summed E-state index contributed by atoms with van der Waals surface area (Å²) in [5.41, 5.74) is 3.87. The van der Waals surface area contributed by atoms with Gasteiger partial charge in [0.25, 0.3) is 5.69 Å². The predicted molar refractivity (Wildman–Crippen MR) is 266 cm³/mol. The quantitative estimate of drug-likeness (QED) is 0.0136. The zero-order valence-corrected chi connectivity index (χ0v) is 39.9. The van der Waals surface area contributed by atoms with E-state index < -0.39 is 28.6 Å². The third-order valence-electron chi connectivity index (χ3n) is 13.1. The molecule has 4 aromatic rings. The summed E-state index contributed by atoms with van der Waals surface area (Å²) in [5.74, 6) is -0.919. The molecule has 69 heavy (non-hydrogen) atoms. The van der Waals surface area contributed by atoms with Crippen LogP contribution in [-0.2, 0) is 25.7 Å². The lowest BCUT2D eigenvalue weighted by atomic mass is 9.55. The summed E-state index contributed by atoms with van der Waals surface area (Å²) in [5, 5.41) is 46.1. The first kappa shape index (κ1) is 51.1. The number of aliphatic hydroxyl groups is 3. The zero-order chi connectivity index (χ0) is 48.6. The number of nitro benzene ring substituents is 1. The summed E-state index contributed by atoms with van der Waals surface area (Å²) in [4.78, 5) is 35.0. The molecule has 1 aliphatic heterocycles. The first-order valence-corrected chi connectivity index (χ1v) is 24.9. The molecule has 0 spiro atoms. The number of benzene rings is 4. The first-order chi connectivity index (χ1) is 33.7. The molecule has 3 aliphatic rings. The average Bonchev–Trinajstić information content (AvgIpc) is 3.37. The monoisotopic (exact) mass is 961 g/mol. The lowest BCUT2D eigenvalue weighted by Gasteiger charge is -2.60. The van der Waals surface area contributed by atoms with Crippen LogP contribution in [0.1, 0.15) is 67.6 Å². The van der Waals surface area contributed by atoms with Crippen molar-refractivity contribution in [1.29, 1.82) is 0 Å². The SMILES string of the molecule is C=CCO[C@]12Oc3ccc(Oc4ccc(SC)cc4)cc3[C@H]3[C@H](CCCCO)[C@@H](CCCCO)C=C(/C(=N\OCc4ccccc4)C[C@@H]1N(CCOCCO)C(=O)/C=C/c1ccc([N+](=O)[O-])cc1)[C@H]32. The Labute approximate surface area is 408 Å². The molecule has 2 aliphatic carbocycles. The van der Waals surface area contributed by atoms with Crippen molar-refractivity contribution >= 4 is 35.1 Å². The van der Waals surface area contributed by atoms with Gasteiger partial charge in [-0.2, -0.15) is 0 Å². The molecule has 1 amide bonds. The van der Waals surface area contributed by atoms with E-state index in [0.29, 0.717) is 41.4 Å². The lowest BCUT2D eigenvalue weighted by molar-refractivity contribution is -0.384. The molecule has 0 radical (unpaired) electrons. The second-order valence-electron chi connectivity index (χ2n) is 17.4. The number of hydrogen-bond acceptors (Lipinski definition) is 13. The number of nitro groups is 1. The van der Waals surface area contributed by atoms with E-state index in [4.69, 9.17) is 28.9 Å². The number of aliphatic hydroxyl groups excluding tert-OH is 3. The van der Waals surface area contributed by atoms with Crippen LogP contribution in [-0.4, -0.2) is 101 Å². The topological polar surface area (TPSA) is 183 Å². The molecule has 3 N–H and O–H groups in total. The van der Waals surface area contributed by atoms with Crippen molar-refractivity contribution < 1.29 is 48.8 Å². The molecule has 4 aromatic carbocycles. The standard InChI is InChI=1S/C54H63N3O11S/c1-3-31-65-54-50(56(27-32-64-33-30-60)51(61)26-17-38-15-18-41(19-16-38)57(62)63)36-48(55-66-37-39-11-5-4-6-12-39)46-34-40(13-7-9-28-58)45(14-8-10-29-59)52(53(46)54)47-35-43(22-25-49(47)68-54)67-42-20-23-44(69-2)24-21-42/h3-6,11-12,15-26,34-35,40,45,50,52-53,58-60H,1,7-10,13-14,27-33,36-37H2,2H3/b26-17+,55-48-/t40-,45+,50-,52+,53+,54-/m0/s1. The summed E-state index contributed by atoms with van der Waals surface area (Å²) in [7, 11) is 0. The van der Waals surface area contributed by atoms with Crippen molar-refractivity contribution in [1.82, 2.24) is 4.90 Å². The highest BCUT2D eigenvalue weighted by atomic mass is 32.2. The smallest absolute Gasteiger partial charge is 0.269 e. The molecule has 1 saturated carbocycles. The van der Waals surface area contributed by atoms with Gasteiger partial charge in [-0.15, -0.1) is 18.3 Å². The van der Waals surface area contributed by atoms with E-state index in [1.54, 1.807) is 40.9 Å². The Morgan fingerprint density at radius 1 is 0.942 bits per heavy atom. The van der Waals surface area contributed by atoms with Crippen molar-refractivity contribution in [3.8, 4) is 17.2 Å². The summed E-state index contributed by atoms with van der Waals surface area (Å²) >= 11 is 1.65. The van der Waals surface area contributed by atoms with Crippen LogP contribution >= 0.6 is 11.8 Å². The Bertz CT molecular complexity index is 2410. The van der Waals surface area contributed by atoms with Gasteiger partial charge in [-0.1, -0.05) is 60.5 Å². The maximum atomic E-state index is 15.0. The largest absolute Gasteiger partial charge is 0.459 e. The second-order valence-corrected chi connectivity index (χ2v) is 18.2. The zero-order valence-electron chi connectivity index (χ0n) is 39.1. The number of rotatable bonds is 26. The number of oxime groups is 1. The van der Waals surface area contributed by atoms with Gasteiger partial charge in [0.05, 0.1) is 43.0 Å². The Kier molecular flexibility index (Phi) is 18.6. The summed E-state index contributed by atoms with van der Waals surface area (Å²) in [6, 6.07) is 28.6. The average molecular weight is 962 g/mol. The molecule has 0 aromatic heterocycles. The molecule has 366 valence electrons. The van der Waals surface area contributed by atoms with E-state index in [0.717, 1.165) is 47.3 Å². The Morgan fingerprint density at radius 2 is 1.68 bits per heavy atom. The number of fused-ring (bicyclic) bond motifs is 2. The molecule has 1 fully saturated rings. The maximum Gasteiger partial charge on any atom is 0.269 e. The van der Waals surface area contributed by atoms with E-state index in [-0.39, 0.29) is 82.7 Å². The van der Waals surface area contributed by atoms with E-state index in [1.165, 1.54) is 18.2 Å². The minimum Gasteiger partial charge on any atom is -0.459 e.